The van der Waals surface area contributed by atoms with E-state index in [1.54, 1.807) is 24.5 Å². The SMILES string of the molecule is Nc1n[nH]c(-c2c(F)cccc2F)c1-c1ccncc1. The van der Waals surface area contributed by atoms with Crippen LogP contribution in [0.1, 0.15) is 0 Å². The number of anilines is 1. The minimum atomic E-state index is -0.677. The fourth-order valence-electron chi connectivity index (χ4n) is 2.08. The van der Waals surface area contributed by atoms with E-state index in [0.717, 1.165) is 0 Å². The molecule has 0 atom stereocenters. The lowest BCUT2D eigenvalue weighted by molar-refractivity contribution is 0.588. The predicted octanol–water partition coefficient (Wildman–Crippen LogP) is 3.00. The standard InChI is InChI=1S/C14H10F2N4/c15-9-2-1-3-10(16)12(9)13-11(14(17)20-19-13)8-4-6-18-7-5-8/h1-7H,(H3,17,19,20). The first-order valence-corrected chi connectivity index (χ1v) is 5.87. The number of rotatable bonds is 2. The molecule has 3 rings (SSSR count). The summed E-state index contributed by atoms with van der Waals surface area (Å²) >= 11 is 0. The number of nitrogens with zero attached hydrogens (tertiary/aromatic N) is 2. The van der Waals surface area contributed by atoms with E-state index in [9.17, 15) is 8.78 Å². The number of pyridine rings is 1. The van der Waals surface area contributed by atoms with E-state index in [0.29, 0.717) is 11.1 Å². The van der Waals surface area contributed by atoms with Crippen molar-refractivity contribution in [1.29, 1.82) is 0 Å². The first kappa shape index (κ1) is 12.3. The Labute approximate surface area is 113 Å². The Balaban J connectivity index is 2.27. The van der Waals surface area contributed by atoms with Crippen LogP contribution >= 0.6 is 0 Å². The molecule has 0 saturated carbocycles. The van der Waals surface area contributed by atoms with Crippen molar-refractivity contribution in [3.05, 3.63) is 54.4 Å². The van der Waals surface area contributed by atoms with Gasteiger partial charge < -0.3 is 5.73 Å². The van der Waals surface area contributed by atoms with E-state index in [1.807, 2.05) is 0 Å². The second-order valence-electron chi connectivity index (χ2n) is 4.19. The van der Waals surface area contributed by atoms with Crippen LogP contribution in [0.3, 0.4) is 0 Å². The number of aromatic amines is 1. The van der Waals surface area contributed by atoms with Crippen LogP contribution < -0.4 is 5.73 Å². The van der Waals surface area contributed by atoms with Crippen LogP contribution in [0.5, 0.6) is 0 Å². The summed E-state index contributed by atoms with van der Waals surface area (Å²) in [6, 6.07) is 7.07. The maximum atomic E-state index is 13.9. The molecule has 0 saturated heterocycles. The molecule has 2 aromatic heterocycles. The molecule has 20 heavy (non-hydrogen) atoms. The normalized spacial score (nSPS) is 10.7. The van der Waals surface area contributed by atoms with E-state index < -0.39 is 11.6 Å². The number of nitrogens with one attached hydrogen (secondary N) is 1. The monoisotopic (exact) mass is 272 g/mol. The van der Waals surface area contributed by atoms with Gasteiger partial charge >= 0.3 is 0 Å². The molecular weight excluding hydrogens is 262 g/mol. The maximum absolute atomic E-state index is 13.9. The fraction of sp³-hybridized carbons (Fsp3) is 0. The van der Waals surface area contributed by atoms with Crippen LogP contribution in [0.4, 0.5) is 14.6 Å². The summed E-state index contributed by atoms with van der Waals surface area (Å²) in [5.41, 5.74) is 6.98. The molecular formula is C14H10F2N4. The third-order valence-corrected chi connectivity index (χ3v) is 2.98. The molecule has 0 amide bonds. The lowest BCUT2D eigenvalue weighted by atomic mass is 10.0. The molecule has 6 heteroatoms. The summed E-state index contributed by atoms with van der Waals surface area (Å²) in [4.78, 5) is 3.90. The Morgan fingerprint density at radius 1 is 0.950 bits per heavy atom. The molecule has 0 spiro atoms. The van der Waals surface area contributed by atoms with Gasteiger partial charge in [0, 0.05) is 12.4 Å². The van der Waals surface area contributed by atoms with Gasteiger partial charge in [0.15, 0.2) is 5.82 Å². The largest absolute Gasteiger partial charge is 0.382 e. The molecule has 0 bridgehead atoms. The Hall–Kier alpha value is -2.76. The van der Waals surface area contributed by atoms with Crippen molar-refractivity contribution >= 4 is 5.82 Å². The third-order valence-electron chi connectivity index (χ3n) is 2.98. The van der Waals surface area contributed by atoms with Gasteiger partial charge in [-0.3, -0.25) is 10.1 Å². The van der Waals surface area contributed by atoms with Crippen LogP contribution in [-0.4, -0.2) is 15.2 Å². The number of H-pyrrole nitrogens is 1. The predicted molar refractivity (Wildman–Crippen MR) is 71.6 cm³/mol. The smallest absolute Gasteiger partial charge is 0.153 e. The molecule has 0 fully saturated rings. The zero-order valence-electron chi connectivity index (χ0n) is 10.3. The number of nitrogens with two attached hydrogens (primary N) is 1. The van der Waals surface area contributed by atoms with E-state index in [4.69, 9.17) is 5.73 Å². The molecule has 3 N–H and O–H groups in total. The first-order chi connectivity index (χ1) is 9.68. The summed E-state index contributed by atoms with van der Waals surface area (Å²) in [5.74, 6) is -1.18. The van der Waals surface area contributed by atoms with Gasteiger partial charge in [0.2, 0.25) is 0 Å². The van der Waals surface area contributed by atoms with Gasteiger partial charge in [-0.05, 0) is 29.8 Å². The minimum absolute atomic E-state index is 0.175. The molecule has 0 radical (unpaired) electrons. The number of benzene rings is 1. The van der Waals surface area contributed by atoms with Gasteiger partial charge in [0.25, 0.3) is 0 Å². The quantitative estimate of drug-likeness (QED) is 0.753. The van der Waals surface area contributed by atoms with Gasteiger partial charge in [-0.15, -0.1) is 0 Å². The molecule has 0 aliphatic carbocycles. The minimum Gasteiger partial charge on any atom is -0.382 e. The molecule has 2 heterocycles. The second kappa shape index (κ2) is 4.73. The first-order valence-electron chi connectivity index (χ1n) is 5.87. The zero-order valence-corrected chi connectivity index (χ0v) is 10.3. The number of halogens is 2. The molecule has 0 unspecified atom stereocenters. The average Bonchev–Trinajstić information content (AvgIpc) is 2.81. The molecule has 100 valence electrons. The molecule has 3 aromatic rings. The summed E-state index contributed by atoms with van der Waals surface area (Å²) in [7, 11) is 0. The summed E-state index contributed by atoms with van der Waals surface area (Å²) in [6.45, 7) is 0. The summed E-state index contributed by atoms with van der Waals surface area (Å²) in [6.07, 6.45) is 3.15. The summed E-state index contributed by atoms with van der Waals surface area (Å²) in [5, 5.41) is 6.45. The third kappa shape index (κ3) is 1.91. The Bertz CT molecular complexity index is 733. The topological polar surface area (TPSA) is 67.6 Å². The van der Waals surface area contributed by atoms with Gasteiger partial charge in [-0.25, -0.2) is 8.78 Å². The number of hydrogen-bond acceptors (Lipinski definition) is 3. The van der Waals surface area contributed by atoms with Crippen LogP contribution in [0.25, 0.3) is 22.4 Å². The lowest BCUT2D eigenvalue weighted by Crippen LogP contribution is -1.93. The zero-order chi connectivity index (χ0) is 14.1. The second-order valence-corrected chi connectivity index (χ2v) is 4.19. The van der Waals surface area contributed by atoms with E-state index >= 15 is 0 Å². The van der Waals surface area contributed by atoms with Crippen LogP contribution in [0, 0.1) is 11.6 Å². The number of aromatic nitrogens is 3. The van der Waals surface area contributed by atoms with E-state index in [-0.39, 0.29) is 17.1 Å². The van der Waals surface area contributed by atoms with Crippen molar-refractivity contribution in [3.63, 3.8) is 0 Å². The van der Waals surface area contributed by atoms with Gasteiger partial charge in [0.1, 0.15) is 11.6 Å². The van der Waals surface area contributed by atoms with Crippen LogP contribution in [0.15, 0.2) is 42.7 Å². The molecule has 0 aliphatic rings. The highest BCUT2D eigenvalue weighted by Gasteiger charge is 2.20. The highest BCUT2D eigenvalue weighted by atomic mass is 19.1. The number of hydrogen-bond donors (Lipinski definition) is 2. The van der Waals surface area contributed by atoms with E-state index in [2.05, 4.69) is 15.2 Å². The average molecular weight is 272 g/mol. The fourth-order valence-corrected chi connectivity index (χ4v) is 2.08. The van der Waals surface area contributed by atoms with E-state index in [1.165, 1.54) is 18.2 Å². The number of nitrogen functional groups attached to an aromatic ring is 1. The Morgan fingerprint density at radius 3 is 2.25 bits per heavy atom. The van der Waals surface area contributed by atoms with Gasteiger partial charge in [0.05, 0.1) is 16.8 Å². The van der Waals surface area contributed by atoms with Crippen molar-refractivity contribution in [3.8, 4) is 22.4 Å². The Morgan fingerprint density at radius 2 is 1.60 bits per heavy atom. The van der Waals surface area contributed by atoms with Crippen LogP contribution in [0.2, 0.25) is 0 Å². The molecule has 4 nitrogen and oxygen atoms in total. The highest BCUT2D eigenvalue weighted by molar-refractivity contribution is 5.87. The van der Waals surface area contributed by atoms with Crippen LogP contribution in [-0.2, 0) is 0 Å². The maximum Gasteiger partial charge on any atom is 0.153 e. The van der Waals surface area contributed by atoms with Crippen molar-refractivity contribution in [2.24, 2.45) is 0 Å². The Kier molecular flexibility index (Phi) is 2.90. The van der Waals surface area contributed by atoms with Crippen molar-refractivity contribution in [1.82, 2.24) is 15.2 Å². The lowest BCUT2D eigenvalue weighted by Gasteiger charge is -2.06. The van der Waals surface area contributed by atoms with Crippen molar-refractivity contribution in [2.75, 3.05) is 5.73 Å². The van der Waals surface area contributed by atoms with Crippen molar-refractivity contribution in [2.45, 2.75) is 0 Å². The van der Waals surface area contributed by atoms with Crippen molar-refractivity contribution < 1.29 is 8.78 Å². The van der Waals surface area contributed by atoms with Gasteiger partial charge in [-0.2, -0.15) is 5.10 Å². The summed E-state index contributed by atoms with van der Waals surface area (Å²) < 4.78 is 27.8. The molecule has 0 aliphatic heterocycles. The highest BCUT2D eigenvalue weighted by Crippen LogP contribution is 2.36. The molecule has 1 aromatic carbocycles. The van der Waals surface area contributed by atoms with Gasteiger partial charge in [-0.1, -0.05) is 6.07 Å².